The first-order valence-corrected chi connectivity index (χ1v) is 11.3. The van der Waals surface area contributed by atoms with Gasteiger partial charge in [0.25, 0.3) is 11.5 Å². The van der Waals surface area contributed by atoms with E-state index in [0.29, 0.717) is 34.5 Å². The molecule has 0 bridgehead atoms. The maximum absolute atomic E-state index is 13.2. The molecule has 1 amide bonds. The van der Waals surface area contributed by atoms with Crippen LogP contribution in [0.2, 0.25) is 0 Å². The van der Waals surface area contributed by atoms with Crippen molar-refractivity contribution < 1.29 is 14.3 Å². The summed E-state index contributed by atoms with van der Waals surface area (Å²) < 4.78 is 11.9. The van der Waals surface area contributed by atoms with E-state index in [0.717, 1.165) is 32.5 Å². The van der Waals surface area contributed by atoms with E-state index in [9.17, 15) is 9.59 Å². The van der Waals surface area contributed by atoms with Gasteiger partial charge in [-0.25, -0.2) is 0 Å². The Hall–Kier alpha value is -3.39. The Bertz CT molecular complexity index is 1160. The van der Waals surface area contributed by atoms with Crippen LogP contribution in [0.3, 0.4) is 0 Å². The summed E-state index contributed by atoms with van der Waals surface area (Å²) in [6.07, 6.45) is 2.26. The number of hydrogen-bond acceptors (Lipinski definition) is 6. The van der Waals surface area contributed by atoms with Crippen LogP contribution in [0, 0.1) is 0 Å². The fourth-order valence-corrected chi connectivity index (χ4v) is 3.70. The van der Waals surface area contributed by atoms with E-state index in [4.69, 9.17) is 9.47 Å². The Balaban J connectivity index is 1.97. The number of rotatable bonds is 11. The number of carbonyl (C=O) groups is 1. The van der Waals surface area contributed by atoms with Gasteiger partial charge in [0.05, 0.1) is 19.6 Å². The summed E-state index contributed by atoms with van der Waals surface area (Å²) in [5, 5.41) is 8.35. The van der Waals surface area contributed by atoms with E-state index in [2.05, 4.69) is 29.2 Å². The van der Waals surface area contributed by atoms with E-state index in [1.807, 2.05) is 0 Å². The van der Waals surface area contributed by atoms with E-state index in [1.54, 1.807) is 49.6 Å². The Morgan fingerprint density at radius 1 is 1.06 bits per heavy atom. The molecule has 1 N–H and O–H groups in total. The minimum atomic E-state index is -0.331. The summed E-state index contributed by atoms with van der Waals surface area (Å²) in [7, 11) is 3.06. The van der Waals surface area contributed by atoms with Crippen LogP contribution in [0.15, 0.2) is 47.3 Å². The molecule has 3 rings (SSSR count). The quantitative estimate of drug-likeness (QED) is 0.481. The predicted molar refractivity (Wildman–Crippen MR) is 130 cm³/mol. The van der Waals surface area contributed by atoms with Crippen molar-refractivity contribution in [1.82, 2.24) is 20.0 Å². The third-order valence-electron chi connectivity index (χ3n) is 5.62. The SMILES string of the molecule is CCCCN(CC)CCNC(=O)c1nn(-c2ccc(OC)cc2OC)c(=O)c2ccccc12. The molecule has 0 fully saturated rings. The molecule has 0 spiro atoms. The normalized spacial score (nSPS) is 11.1. The zero-order valence-electron chi connectivity index (χ0n) is 19.8. The van der Waals surface area contributed by atoms with Crippen LogP contribution in [0.25, 0.3) is 16.5 Å². The van der Waals surface area contributed by atoms with E-state index >= 15 is 0 Å². The van der Waals surface area contributed by atoms with Crippen molar-refractivity contribution in [3.8, 4) is 17.2 Å². The van der Waals surface area contributed by atoms with Gasteiger partial charge in [0.1, 0.15) is 17.2 Å². The highest BCUT2D eigenvalue weighted by atomic mass is 16.5. The standard InChI is InChI=1S/C25H32N4O4/c1-5-7-15-28(6-2)16-14-26-24(30)23-19-10-8-9-11-20(19)25(31)29(27-23)21-13-12-18(32-3)17-22(21)33-4/h8-13,17H,5-7,14-16H2,1-4H3,(H,26,30). The van der Waals surface area contributed by atoms with Crippen LogP contribution in [0.1, 0.15) is 37.2 Å². The van der Waals surface area contributed by atoms with Crippen molar-refractivity contribution >= 4 is 16.7 Å². The number of carbonyl (C=O) groups excluding carboxylic acids is 1. The number of amides is 1. The molecule has 1 aromatic heterocycles. The Morgan fingerprint density at radius 3 is 2.48 bits per heavy atom. The lowest BCUT2D eigenvalue weighted by molar-refractivity contribution is 0.0943. The smallest absolute Gasteiger partial charge is 0.279 e. The fraction of sp³-hybridized carbons (Fsp3) is 0.400. The van der Waals surface area contributed by atoms with Gasteiger partial charge in [0.15, 0.2) is 5.69 Å². The second kappa shape index (κ2) is 11.5. The molecule has 0 saturated heterocycles. The molecule has 0 aliphatic heterocycles. The summed E-state index contributed by atoms with van der Waals surface area (Å²) in [5.41, 5.74) is 0.293. The summed E-state index contributed by atoms with van der Waals surface area (Å²) in [6.45, 7) is 7.47. The van der Waals surface area contributed by atoms with Gasteiger partial charge >= 0.3 is 0 Å². The molecule has 2 aromatic carbocycles. The van der Waals surface area contributed by atoms with Crippen LogP contribution < -0.4 is 20.3 Å². The Morgan fingerprint density at radius 2 is 1.82 bits per heavy atom. The van der Waals surface area contributed by atoms with Crippen molar-refractivity contribution in [3.05, 3.63) is 58.5 Å². The number of methoxy groups -OCH3 is 2. The number of nitrogens with one attached hydrogen (secondary N) is 1. The maximum atomic E-state index is 13.2. The second-order valence-electron chi connectivity index (χ2n) is 7.69. The van der Waals surface area contributed by atoms with Crippen molar-refractivity contribution in [1.29, 1.82) is 0 Å². The minimum absolute atomic E-state index is 0.194. The summed E-state index contributed by atoms with van der Waals surface area (Å²) in [5.74, 6) is 0.685. The van der Waals surface area contributed by atoms with Crippen LogP contribution >= 0.6 is 0 Å². The lowest BCUT2D eigenvalue weighted by atomic mass is 10.1. The maximum Gasteiger partial charge on any atom is 0.279 e. The van der Waals surface area contributed by atoms with Crippen molar-refractivity contribution in [2.75, 3.05) is 40.4 Å². The molecule has 0 atom stereocenters. The van der Waals surface area contributed by atoms with Crippen LogP contribution in [0.5, 0.6) is 11.5 Å². The largest absolute Gasteiger partial charge is 0.497 e. The van der Waals surface area contributed by atoms with E-state index < -0.39 is 0 Å². The van der Waals surface area contributed by atoms with Crippen LogP contribution in [0.4, 0.5) is 0 Å². The topological polar surface area (TPSA) is 85.7 Å². The third kappa shape index (κ3) is 5.51. The average Bonchev–Trinajstić information content (AvgIpc) is 2.86. The van der Waals surface area contributed by atoms with E-state index in [1.165, 1.54) is 11.8 Å². The first-order valence-electron chi connectivity index (χ1n) is 11.3. The second-order valence-corrected chi connectivity index (χ2v) is 7.69. The minimum Gasteiger partial charge on any atom is -0.497 e. The van der Waals surface area contributed by atoms with Crippen molar-refractivity contribution in [2.45, 2.75) is 26.7 Å². The number of unbranched alkanes of at least 4 members (excludes halogenated alkanes) is 1. The average molecular weight is 453 g/mol. The summed E-state index contributed by atoms with van der Waals surface area (Å²) in [4.78, 5) is 28.7. The highest BCUT2D eigenvalue weighted by Crippen LogP contribution is 2.27. The molecule has 1 heterocycles. The van der Waals surface area contributed by atoms with Crippen LogP contribution in [-0.4, -0.2) is 61.0 Å². The highest BCUT2D eigenvalue weighted by Gasteiger charge is 2.19. The van der Waals surface area contributed by atoms with Gasteiger partial charge in [-0.15, -0.1) is 0 Å². The molecule has 0 aliphatic carbocycles. The molecule has 0 radical (unpaired) electrons. The van der Waals surface area contributed by atoms with Gasteiger partial charge in [-0.3, -0.25) is 9.59 Å². The van der Waals surface area contributed by atoms with Gasteiger partial charge in [0.2, 0.25) is 0 Å². The number of ether oxygens (including phenoxy) is 2. The number of benzene rings is 2. The fourth-order valence-electron chi connectivity index (χ4n) is 3.70. The first-order chi connectivity index (χ1) is 16.0. The Labute approximate surface area is 194 Å². The highest BCUT2D eigenvalue weighted by molar-refractivity contribution is 6.04. The van der Waals surface area contributed by atoms with E-state index in [-0.39, 0.29) is 17.2 Å². The molecular weight excluding hydrogens is 420 g/mol. The summed E-state index contributed by atoms with van der Waals surface area (Å²) in [6, 6.07) is 12.1. The van der Waals surface area contributed by atoms with Gasteiger partial charge in [-0.2, -0.15) is 9.78 Å². The number of aromatic nitrogens is 2. The zero-order valence-corrected chi connectivity index (χ0v) is 19.8. The van der Waals surface area contributed by atoms with Crippen molar-refractivity contribution in [2.24, 2.45) is 0 Å². The first kappa shape index (κ1) is 24.3. The lowest BCUT2D eigenvalue weighted by Gasteiger charge is -2.20. The Kier molecular flexibility index (Phi) is 8.43. The third-order valence-corrected chi connectivity index (χ3v) is 5.62. The lowest BCUT2D eigenvalue weighted by Crippen LogP contribution is -2.36. The van der Waals surface area contributed by atoms with Gasteiger partial charge in [-0.05, 0) is 37.7 Å². The molecule has 8 nitrogen and oxygen atoms in total. The van der Waals surface area contributed by atoms with Crippen molar-refractivity contribution in [3.63, 3.8) is 0 Å². The van der Waals surface area contributed by atoms with Gasteiger partial charge < -0.3 is 19.7 Å². The zero-order chi connectivity index (χ0) is 23.8. The molecule has 8 heteroatoms. The molecule has 0 aliphatic rings. The number of nitrogens with zero attached hydrogens (tertiary/aromatic N) is 3. The van der Waals surface area contributed by atoms with Gasteiger partial charge in [-0.1, -0.05) is 38.5 Å². The molecule has 33 heavy (non-hydrogen) atoms. The predicted octanol–water partition coefficient (Wildman–Crippen LogP) is 3.25. The molecule has 176 valence electrons. The number of fused-ring (bicyclic) bond motifs is 1. The monoisotopic (exact) mass is 452 g/mol. The number of hydrogen-bond donors (Lipinski definition) is 1. The molecule has 0 unspecified atom stereocenters. The van der Waals surface area contributed by atoms with Gasteiger partial charge in [0, 0.05) is 24.5 Å². The molecular formula is C25H32N4O4. The summed E-state index contributed by atoms with van der Waals surface area (Å²) >= 11 is 0. The molecule has 0 saturated carbocycles. The van der Waals surface area contributed by atoms with Crippen LogP contribution in [-0.2, 0) is 0 Å². The number of likely N-dealkylation sites (N-methyl/N-ethyl adjacent to an activating group) is 1. The molecule has 3 aromatic rings.